The topological polar surface area (TPSA) is 24.8 Å². The molecular formula is C22H26N2O. The second-order valence-corrected chi connectivity index (χ2v) is 7.49. The summed E-state index contributed by atoms with van der Waals surface area (Å²) >= 11 is 0. The van der Waals surface area contributed by atoms with Gasteiger partial charge in [0.1, 0.15) is 5.75 Å². The van der Waals surface area contributed by atoms with Crippen LogP contribution in [0, 0.1) is 5.92 Å². The van der Waals surface area contributed by atoms with Crippen LogP contribution in [0.4, 0.5) is 0 Å². The third-order valence-electron chi connectivity index (χ3n) is 5.66. The molecule has 3 heteroatoms. The van der Waals surface area contributed by atoms with Crippen LogP contribution >= 0.6 is 0 Å². The number of aryl methyl sites for hydroxylation is 1. The van der Waals surface area contributed by atoms with Gasteiger partial charge in [0.15, 0.2) is 0 Å². The van der Waals surface area contributed by atoms with Gasteiger partial charge in [0, 0.05) is 18.5 Å². The predicted octanol–water partition coefficient (Wildman–Crippen LogP) is 4.77. The molecule has 0 fully saturated rings. The summed E-state index contributed by atoms with van der Waals surface area (Å²) in [4.78, 5) is 0. The first-order chi connectivity index (χ1) is 12.1. The SMILES string of the molecule is COc1ccc2c(c1)CC[C@@H]1C2=NN(C)[C@@H]1c1ccc(C(C)C)cc1. The monoisotopic (exact) mass is 334 g/mol. The van der Waals surface area contributed by atoms with Crippen molar-refractivity contribution in [2.45, 2.75) is 38.6 Å². The predicted molar refractivity (Wildman–Crippen MR) is 102 cm³/mol. The highest BCUT2D eigenvalue weighted by Crippen LogP contribution is 2.43. The molecule has 0 N–H and O–H groups in total. The van der Waals surface area contributed by atoms with Crippen LogP contribution in [-0.4, -0.2) is 24.9 Å². The molecule has 130 valence electrons. The van der Waals surface area contributed by atoms with Crippen molar-refractivity contribution in [1.82, 2.24) is 5.01 Å². The summed E-state index contributed by atoms with van der Waals surface area (Å²) in [5.74, 6) is 1.97. The van der Waals surface area contributed by atoms with Gasteiger partial charge < -0.3 is 4.74 Å². The van der Waals surface area contributed by atoms with E-state index in [2.05, 4.69) is 68.4 Å². The van der Waals surface area contributed by atoms with Gasteiger partial charge in [0.2, 0.25) is 0 Å². The first-order valence-corrected chi connectivity index (χ1v) is 9.17. The smallest absolute Gasteiger partial charge is 0.119 e. The average Bonchev–Trinajstić information content (AvgIpc) is 2.97. The van der Waals surface area contributed by atoms with Gasteiger partial charge >= 0.3 is 0 Å². The van der Waals surface area contributed by atoms with Crippen LogP contribution in [0.5, 0.6) is 5.75 Å². The minimum Gasteiger partial charge on any atom is -0.497 e. The van der Waals surface area contributed by atoms with E-state index in [1.54, 1.807) is 7.11 Å². The molecule has 2 aromatic carbocycles. The first kappa shape index (κ1) is 16.2. The lowest BCUT2D eigenvalue weighted by atomic mass is 9.77. The Hall–Kier alpha value is -2.29. The van der Waals surface area contributed by atoms with Crippen molar-refractivity contribution in [2.75, 3.05) is 14.2 Å². The summed E-state index contributed by atoms with van der Waals surface area (Å²) in [6.45, 7) is 4.48. The molecule has 0 unspecified atom stereocenters. The summed E-state index contributed by atoms with van der Waals surface area (Å²) in [5.41, 5.74) is 6.66. The maximum atomic E-state index is 5.38. The molecule has 0 amide bonds. The number of methoxy groups -OCH3 is 1. The number of fused-ring (bicyclic) bond motifs is 3. The van der Waals surface area contributed by atoms with Gasteiger partial charge in [-0.3, -0.25) is 5.01 Å². The molecule has 2 aromatic rings. The Labute approximate surface area is 150 Å². The molecule has 4 rings (SSSR count). The molecule has 2 atom stereocenters. The quantitative estimate of drug-likeness (QED) is 0.807. The lowest BCUT2D eigenvalue weighted by molar-refractivity contribution is 0.244. The van der Waals surface area contributed by atoms with Gasteiger partial charge in [-0.1, -0.05) is 38.1 Å². The number of ether oxygens (including phenoxy) is 1. The fraction of sp³-hybridized carbons (Fsp3) is 0.409. The molecule has 0 saturated carbocycles. The second-order valence-electron chi connectivity index (χ2n) is 7.49. The highest BCUT2D eigenvalue weighted by Gasteiger charge is 2.40. The van der Waals surface area contributed by atoms with Crippen LogP contribution in [0.1, 0.15) is 54.5 Å². The van der Waals surface area contributed by atoms with E-state index in [0.717, 1.165) is 18.6 Å². The van der Waals surface area contributed by atoms with E-state index < -0.39 is 0 Å². The number of nitrogens with zero attached hydrogens (tertiary/aromatic N) is 2. The van der Waals surface area contributed by atoms with E-state index in [9.17, 15) is 0 Å². The minimum absolute atomic E-state index is 0.339. The van der Waals surface area contributed by atoms with E-state index in [1.165, 1.54) is 28.0 Å². The molecule has 0 radical (unpaired) electrons. The lowest BCUT2D eigenvalue weighted by Crippen LogP contribution is -2.27. The molecule has 0 spiro atoms. The van der Waals surface area contributed by atoms with Crippen molar-refractivity contribution >= 4 is 5.71 Å². The number of hydrogen-bond acceptors (Lipinski definition) is 3. The zero-order valence-corrected chi connectivity index (χ0v) is 15.5. The Morgan fingerprint density at radius 3 is 2.56 bits per heavy atom. The van der Waals surface area contributed by atoms with E-state index in [-0.39, 0.29) is 0 Å². The second kappa shape index (κ2) is 6.21. The van der Waals surface area contributed by atoms with Crippen LogP contribution in [0.15, 0.2) is 47.6 Å². The zero-order chi connectivity index (χ0) is 17.6. The summed E-state index contributed by atoms with van der Waals surface area (Å²) in [5, 5.41) is 7.09. The van der Waals surface area contributed by atoms with Gasteiger partial charge in [-0.15, -0.1) is 0 Å². The molecule has 2 aliphatic rings. The Kier molecular flexibility index (Phi) is 4.03. The van der Waals surface area contributed by atoms with Crippen LogP contribution in [0.25, 0.3) is 0 Å². The lowest BCUT2D eigenvalue weighted by Gasteiger charge is -2.29. The molecule has 25 heavy (non-hydrogen) atoms. The summed E-state index contributed by atoms with van der Waals surface area (Å²) in [7, 11) is 3.83. The Bertz CT molecular complexity index is 807. The molecular weight excluding hydrogens is 308 g/mol. The van der Waals surface area contributed by atoms with Gasteiger partial charge in [0.05, 0.1) is 18.9 Å². The standard InChI is InChI=1S/C22H26N2O/c1-14(2)15-5-7-16(8-6-15)22-20-11-9-17-13-18(25-4)10-12-19(17)21(20)23-24(22)3/h5-8,10,12-14,20,22H,9,11H2,1-4H3/t20-,22-/m1/s1. The molecule has 0 saturated heterocycles. The normalized spacial score (nSPS) is 21.8. The van der Waals surface area contributed by atoms with Crippen molar-refractivity contribution in [2.24, 2.45) is 11.0 Å². The molecule has 3 nitrogen and oxygen atoms in total. The number of benzene rings is 2. The maximum absolute atomic E-state index is 5.38. The van der Waals surface area contributed by atoms with Crippen molar-refractivity contribution in [3.8, 4) is 5.75 Å². The van der Waals surface area contributed by atoms with Crippen LogP contribution in [-0.2, 0) is 6.42 Å². The maximum Gasteiger partial charge on any atom is 0.119 e. The van der Waals surface area contributed by atoms with Gasteiger partial charge in [-0.2, -0.15) is 5.10 Å². The zero-order valence-electron chi connectivity index (χ0n) is 15.5. The van der Waals surface area contributed by atoms with E-state index >= 15 is 0 Å². The van der Waals surface area contributed by atoms with Gasteiger partial charge in [-0.05, 0) is 53.6 Å². The van der Waals surface area contributed by atoms with E-state index in [1.807, 2.05) is 0 Å². The minimum atomic E-state index is 0.339. The van der Waals surface area contributed by atoms with Crippen LogP contribution in [0.2, 0.25) is 0 Å². The summed E-state index contributed by atoms with van der Waals surface area (Å²) < 4.78 is 5.38. The highest BCUT2D eigenvalue weighted by atomic mass is 16.5. The third kappa shape index (κ3) is 2.72. The van der Waals surface area contributed by atoms with Crippen molar-refractivity contribution < 1.29 is 4.74 Å². The molecule has 0 bridgehead atoms. The van der Waals surface area contributed by atoms with E-state index in [0.29, 0.717) is 17.9 Å². The molecule has 0 aromatic heterocycles. The third-order valence-corrected chi connectivity index (χ3v) is 5.66. The van der Waals surface area contributed by atoms with Gasteiger partial charge in [0.25, 0.3) is 0 Å². The van der Waals surface area contributed by atoms with Crippen LogP contribution in [0.3, 0.4) is 0 Å². The van der Waals surface area contributed by atoms with E-state index in [4.69, 9.17) is 9.84 Å². The molecule has 1 heterocycles. The number of hydrogen-bond donors (Lipinski definition) is 0. The first-order valence-electron chi connectivity index (χ1n) is 9.17. The Balaban J connectivity index is 1.66. The Morgan fingerprint density at radius 2 is 1.88 bits per heavy atom. The van der Waals surface area contributed by atoms with Gasteiger partial charge in [-0.25, -0.2) is 0 Å². The summed E-state index contributed by atoms with van der Waals surface area (Å²) in [6.07, 6.45) is 2.23. The Morgan fingerprint density at radius 1 is 1.12 bits per heavy atom. The molecule has 1 aliphatic carbocycles. The fourth-order valence-electron chi connectivity index (χ4n) is 4.26. The average molecular weight is 334 g/mol. The van der Waals surface area contributed by atoms with Crippen molar-refractivity contribution in [3.05, 3.63) is 64.7 Å². The summed E-state index contributed by atoms with van der Waals surface area (Å²) in [6, 6.07) is 15.9. The number of hydrazone groups is 1. The largest absolute Gasteiger partial charge is 0.497 e. The van der Waals surface area contributed by atoms with Crippen molar-refractivity contribution in [1.29, 1.82) is 0 Å². The number of rotatable bonds is 3. The highest BCUT2D eigenvalue weighted by molar-refractivity contribution is 6.05. The van der Waals surface area contributed by atoms with Crippen LogP contribution < -0.4 is 4.74 Å². The molecule has 1 aliphatic heterocycles. The fourth-order valence-corrected chi connectivity index (χ4v) is 4.26. The van der Waals surface area contributed by atoms with Crippen molar-refractivity contribution in [3.63, 3.8) is 0 Å².